The molecule has 4 aromatic rings. The fourth-order valence-electron chi connectivity index (χ4n) is 7.07. The van der Waals surface area contributed by atoms with Crippen LogP contribution in [0.5, 0.6) is 11.5 Å². The number of guanidine groups is 1. The molecule has 2 heterocycles. The van der Waals surface area contributed by atoms with Crippen LogP contribution in [0.3, 0.4) is 0 Å². The smallest absolute Gasteiger partial charge is 0.245 e. The number of carbonyl (C=O) groups excluding carboxylic acids is 1. The minimum absolute atomic E-state index is 0.0156. The van der Waals surface area contributed by atoms with E-state index in [0.717, 1.165) is 54.7 Å². The Morgan fingerprint density at radius 1 is 0.873 bits per heavy atom. The lowest BCUT2D eigenvalue weighted by Gasteiger charge is -2.23. The van der Waals surface area contributed by atoms with Crippen molar-refractivity contribution < 1.29 is 14.3 Å². The molecule has 1 amide bonds. The van der Waals surface area contributed by atoms with Crippen molar-refractivity contribution in [3.05, 3.63) is 72.3 Å². The zero-order valence-electron chi connectivity index (χ0n) is 32.7. The average molecular weight is 756 g/mol. The van der Waals surface area contributed by atoms with Crippen molar-refractivity contribution in [2.75, 3.05) is 19.7 Å². The minimum atomic E-state index is -0.646. The summed E-state index contributed by atoms with van der Waals surface area (Å²) >= 11 is 0. The van der Waals surface area contributed by atoms with Crippen LogP contribution in [0.2, 0.25) is 0 Å². The van der Waals surface area contributed by atoms with Crippen molar-refractivity contribution in [3.8, 4) is 22.6 Å². The molecule has 7 N–H and O–H groups in total. The molecule has 2 aromatic heterocycles. The van der Waals surface area contributed by atoms with E-state index in [1.807, 2.05) is 59.4 Å². The van der Waals surface area contributed by atoms with Gasteiger partial charge in [-0.15, -0.1) is 10.2 Å². The van der Waals surface area contributed by atoms with Crippen LogP contribution in [0, 0.1) is 11.8 Å². The van der Waals surface area contributed by atoms with Gasteiger partial charge in [0.1, 0.15) is 29.8 Å². The summed E-state index contributed by atoms with van der Waals surface area (Å²) in [7, 11) is 0. The summed E-state index contributed by atoms with van der Waals surface area (Å²) < 4.78 is 16.0. The monoisotopic (exact) mass is 755 g/mol. The number of carbonyl (C=O) groups is 1. The van der Waals surface area contributed by atoms with E-state index in [0.29, 0.717) is 62.4 Å². The number of aromatic nitrogens is 6. The maximum atomic E-state index is 14.1. The Morgan fingerprint density at radius 2 is 1.58 bits per heavy atom. The summed E-state index contributed by atoms with van der Waals surface area (Å²) in [6, 6.07) is 15.1. The maximum Gasteiger partial charge on any atom is 0.245 e. The largest absolute Gasteiger partial charge is 0.493 e. The molecule has 1 aliphatic carbocycles. The number of hydrogen-bond acceptors (Lipinski definition) is 9. The molecule has 0 radical (unpaired) electrons. The SMILES string of the molecule is CC(C)CCOc1ccccc1-c1ccccc1OCc1cn([C@H](CCCN=C(N)N)C(=O)N[C@H](CCCCN)Cn2cc(CC3CCCCC3)nn2)nn1. The number of nitrogens with zero attached hydrogens (tertiary/aromatic N) is 7. The highest BCUT2D eigenvalue weighted by Crippen LogP contribution is 2.37. The van der Waals surface area contributed by atoms with Gasteiger partial charge in [-0.1, -0.05) is 99.2 Å². The maximum absolute atomic E-state index is 14.1. The first-order chi connectivity index (χ1) is 26.8. The van der Waals surface area contributed by atoms with Gasteiger partial charge < -0.3 is 32.0 Å². The standard InChI is InChI=1S/C41H61N11O3/c1-30(2)21-24-54-38-19-8-6-16-35(38)36-17-7-9-20-39(36)55-29-34-28-52(50-48-34)37(18-12-23-45-41(43)44)40(53)46-32(15-10-11-22-42)26-51-27-33(47-49-51)25-31-13-4-3-5-14-31/h6-9,16-17,19-20,27-28,30-32,37H,3-5,10-15,18,21-26,29,42H2,1-2H3,(H,46,53)(H4,43,44,45)/t32-,37-/m1/s1. The Balaban J connectivity index is 1.28. The van der Waals surface area contributed by atoms with Gasteiger partial charge in [0.25, 0.3) is 0 Å². The van der Waals surface area contributed by atoms with Crippen LogP contribution in [0.4, 0.5) is 0 Å². The fourth-order valence-corrected chi connectivity index (χ4v) is 7.07. The summed E-state index contributed by atoms with van der Waals surface area (Å²) in [6.07, 6.45) is 15.6. The van der Waals surface area contributed by atoms with E-state index in [1.165, 1.54) is 32.1 Å². The number of unbranched alkanes of at least 4 members (excludes halogenated alkanes) is 1. The van der Waals surface area contributed by atoms with Gasteiger partial charge in [0.15, 0.2) is 5.96 Å². The first-order valence-electron chi connectivity index (χ1n) is 20.1. The van der Waals surface area contributed by atoms with Crippen molar-refractivity contribution in [2.45, 2.75) is 116 Å². The van der Waals surface area contributed by atoms with Gasteiger partial charge in [-0.3, -0.25) is 14.5 Å². The number of nitrogens with two attached hydrogens (primary N) is 3. The molecule has 0 bridgehead atoms. The van der Waals surface area contributed by atoms with Crippen LogP contribution in [0.25, 0.3) is 11.1 Å². The highest BCUT2D eigenvalue weighted by molar-refractivity contribution is 5.80. The van der Waals surface area contributed by atoms with Gasteiger partial charge in [-0.25, -0.2) is 4.68 Å². The number of amides is 1. The molecule has 55 heavy (non-hydrogen) atoms. The lowest BCUT2D eigenvalue weighted by atomic mass is 9.86. The number of ether oxygens (including phenoxy) is 2. The van der Waals surface area contributed by atoms with Crippen molar-refractivity contribution >= 4 is 11.9 Å². The molecule has 2 atom stereocenters. The molecular formula is C41H61N11O3. The number of aliphatic imine (C=N–C) groups is 1. The summed E-state index contributed by atoms with van der Waals surface area (Å²) in [6.45, 7) is 6.66. The zero-order chi connectivity index (χ0) is 38.8. The highest BCUT2D eigenvalue weighted by atomic mass is 16.5. The van der Waals surface area contributed by atoms with Crippen LogP contribution in [-0.4, -0.2) is 67.6 Å². The Morgan fingerprint density at radius 3 is 2.29 bits per heavy atom. The Labute approximate surface area is 325 Å². The average Bonchev–Trinajstić information content (AvgIpc) is 3.84. The van der Waals surface area contributed by atoms with Crippen LogP contribution < -0.4 is 32.0 Å². The third kappa shape index (κ3) is 13.4. The molecule has 0 spiro atoms. The third-order valence-electron chi connectivity index (χ3n) is 10.1. The van der Waals surface area contributed by atoms with Crippen LogP contribution >= 0.6 is 0 Å². The van der Waals surface area contributed by atoms with E-state index >= 15 is 0 Å². The van der Waals surface area contributed by atoms with E-state index < -0.39 is 6.04 Å². The molecule has 0 unspecified atom stereocenters. The predicted octanol–water partition coefficient (Wildman–Crippen LogP) is 5.57. The Bertz CT molecular complexity index is 1760. The summed E-state index contributed by atoms with van der Waals surface area (Å²) in [5, 5.41) is 21.0. The van der Waals surface area contributed by atoms with Crippen molar-refractivity contribution in [2.24, 2.45) is 34.0 Å². The number of hydrogen-bond donors (Lipinski definition) is 4. The van der Waals surface area contributed by atoms with E-state index in [9.17, 15) is 4.79 Å². The van der Waals surface area contributed by atoms with Crippen molar-refractivity contribution in [1.29, 1.82) is 0 Å². The second-order valence-corrected chi connectivity index (χ2v) is 15.1. The molecule has 298 valence electrons. The lowest BCUT2D eigenvalue weighted by molar-refractivity contribution is -0.125. The third-order valence-corrected chi connectivity index (χ3v) is 10.1. The fraction of sp³-hybridized carbons (Fsp3) is 0.561. The van der Waals surface area contributed by atoms with E-state index in [-0.39, 0.29) is 24.5 Å². The van der Waals surface area contributed by atoms with Gasteiger partial charge in [-0.05, 0) is 69.0 Å². The summed E-state index contributed by atoms with van der Waals surface area (Å²) in [5.41, 5.74) is 20.5. The quantitative estimate of drug-likeness (QED) is 0.0422. The highest BCUT2D eigenvalue weighted by Gasteiger charge is 2.26. The van der Waals surface area contributed by atoms with E-state index in [4.69, 9.17) is 26.7 Å². The van der Waals surface area contributed by atoms with Crippen molar-refractivity contribution in [1.82, 2.24) is 35.3 Å². The molecular weight excluding hydrogens is 695 g/mol. The molecule has 0 saturated heterocycles. The van der Waals surface area contributed by atoms with Gasteiger partial charge in [-0.2, -0.15) is 0 Å². The van der Waals surface area contributed by atoms with Crippen LogP contribution in [-0.2, 0) is 24.4 Å². The van der Waals surface area contributed by atoms with Gasteiger partial charge in [0.05, 0.1) is 25.0 Å². The van der Waals surface area contributed by atoms with Gasteiger partial charge >= 0.3 is 0 Å². The molecule has 0 aliphatic heterocycles. The molecule has 1 fully saturated rings. The minimum Gasteiger partial charge on any atom is -0.493 e. The predicted molar refractivity (Wildman–Crippen MR) is 215 cm³/mol. The summed E-state index contributed by atoms with van der Waals surface area (Å²) in [5.74, 6) is 2.57. The van der Waals surface area contributed by atoms with Crippen LogP contribution in [0.15, 0.2) is 65.9 Å². The molecule has 14 nitrogen and oxygen atoms in total. The molecule has 1 saturated carbocycles. The van der Waals surface area contributed by atoms with E-state index in [1.54, 1.807) is 10.9 Å². The number of benzene rings is 2. The van der Waals surface area contributed by atoms with Crippen molar-refractivity contribution in [3.63, 3.8) is 0 Å². The zero-order valence-corrected chi connectivity index (χ0v) is 32.7. The Hall–Kier alpha value is -4.98. The number of para-hydroxylation sites is 2. The molecule has 5 rings (SSSR count). The van der Waals surface area contributed by atoms with E-state index in [2.05, 4.69) is 44.8 Å². The second kappa shape index (κ2) is 21.8. The second-order valence-electron chi connectivity index (χ2n) is 15.1. The topological polar surface area (TPSA) is 199 Å². The molecule has 14 heteroatoms. The van der Waals surface area contributed by atoms with Gasteiger partial charge in [0.2, 0.25) is 5.91 Å². The normalized spacial score (nSPS) is 14.4. The number of rotatable bonds is 23. The van der Waals surface area contributed by atoms with Crippen LogP contribution in [0.1, 0.15) is 102 Å². The lowest BCUT2D eigenvalue weighted by Crippen LogP contribution is -2.42. The number of nitrogens with one attached hydrogen (secondary N) is 1. The first-order valence-corrected chi connectivity index (χ1v) is 20.1. The molecule has 2 aromatic carbocycles. The molecule has 1 aliphatic rings. The van der Waals surface area contributed by atoms with Gasteiger partial charge in [0, 0.05) is 29.9 Å². The first kappa shape index (κ1) is 41.2. The summed E-state index contributed by atoms with van der Waals surface area (Å²) in [4.78, 5) is 18.2. The Kier molecular flexibility index (Phi) is 16.3.